The number of Topliss-reactive ketones (excluding diaryl/α,β-unsaturated/α-hetero) is 1. The summed E-state index contributed by atoms with van der Waals surface area (Å²) in [5.41, 5.74) is 6.03. The molecule has 1 heterocycles. The highest BCUT2D eigenvalue weighted by Crippen LogP contribution is 2.57. The van der Waals surface area contributed by atoms with Crippen LogP contribution in [0, 0.1) is 6.92 Å². The number of hydrogen-bond donors (Lipinski definition) is 0. The molecule has 6 rings (SSSR count). The monoisotopic (exact) mass is 441 g/mol. The summed E-state index contributed by atoms with van der Waals surface area (Å²) in [5.74, 6) is -0.377. The van der Waals surface area contributed by atoms with Crippen molar-refractivity contribution in [2.24, 2.45) is 0 Å². The molecule has 0 fully saturated rings. The molecule has 3 heteroatoms. The van der Waals surface area contributed by atoms with Crippen LogP contribution in [0.1, 0.15) is 38.2 Å². The SMILES string of the molecule is Cc1ccc2c(c1)C(=O)C1(C(=O)N2C)C(c2ccccc2)=C(c2ccccc2)c2ccccc21. The van der Waals surface area contributed by atoms with Gasteiger partial charge < -0.3 is 4.90 Å². The van der Waals surface area contributed by atoms with Crippen LogP contribution in [-0.2, 0) is 10.2 Å². The van der Waals surface area contributed by atoms with Gasteiger partial charge in [0.1, 0.15) is 0 Å². The molecule has 164 valence electrons. The fraction of sp³-hybridized carbons (Fsp3) is 0.0968. The summed E-state index contributed by atoms with van der Waals surface area (Å²) in [6.45, 7) is 1.97. The minimum Gasteiger partial charge on any atom is -0.313 e. The lowest BCUT2D eigenvalue weighted by Gasteiger charge is -2.40. The predicted molar refractivity (Wildman–Crippen MR) is 136 cm³/mol. The van der Waals surface area contributed by atoms with E-state index in [1.165, 1.54) is 0 Å². The summed E-state index contributed by atoms with van der Waals surface area (Å²) in [4.78, 5) is 30.6. The van der Waals surface area contributed by atoms with E-state index in [-0.39, 0.29) is 11.7 Å². The third-order valence-corrected chi connectivity index (χ3v) is 7.07. The van der Waals surface area contributed by atoms with E-state index >= 15 is 0 Å². The number of ketones is 1. The number of likely N-dealkylation sites (N-methyl/N-ethyl adjacent to an activating group) is 1. The Hall–Kier alpha value is -4.24. The number of rotatable bonds is 2. The van der Waals surface area contributed by atoms with Gasteiger partial charge in [0.2, 0.25) is 5.91 Å². The average Bonchev–Trinajstić information content (AvgIpc) is 3.19. The van der Waals surface area contributed by atoms with E-state index in [2.05, 4.69) is 0 Å². The highest BCUT2D eigenvalue weighted by Gasteiger charge is 2.60. The van der Waals surface area contributed by atoms with Crippen molar-refractivity contribution in [3.63, 3.8) is 0 Å². The quantitative estimate of drug-likeness (QED) is 0.354. The van der Waals surface area contributed by atoms with Gasteiger partial charge >= 0.3 is 0 Å². The Kier molecular flexibility index (Phi) is 4.43. The zero-order chi connectivity index (χ0) is 23.4. The topological polar surface area (TPSA) is 37.4 Å². The molecule has 0 bridgehead atoms. The van der Waals surface area contributed by atoms with Gasteiger partial charge in [-0.15, -0.1) is 0 Å². The third-order valence-electron chi connectivity index (χ3n) is 7.07. The van der Waals surface area contributed by atoms with Crippen LogP contribution in [0.4, 0.5) is 5.69 Å². The number of hydrogen-bond acceptors (Lipinski definition) is 2. The van der Waals surface area contributed by atoms with E-state index in [1.807, 2.05) is 110 Å². The highest BCUT2D eigenvalue weighted by molar-refractivity contribution is 6.39. The molecular formula is C31H23NO2. The van der Waals surface area contributed by atoms with Crippen LogP contribution in [0.15, 0.2) is 103 Å². The van der Waals surface area contributed by atoms with Crippen molar-refractivity contribution in [3.05, 3.63) is 137 Å². The number of fused-ring (bicyclic) bond motifs is 3. The van der Waals surface area contributed by atoms with Crippen molar-refractivity contribution in [2.45, 2.75) is 12.3 Å². The van der Waals surface area contributed by atoms with Crippen molar-refractivity contribution in [1.29, 1.82) is 0 Å². The van der Waals surface area contributed by atoms with Crippen LogP contribution in [0.25, 0.3) is 11.1 Å². The Morgan fingerprint density at radius 1 is 0.676 bits per heavy atom. The molecule has 0 saturated heterocycles. The van der Waals surface area contributed by atoms with E-state index in [0.717, 1.165) is 39.0 Å². The van der Waals surface area contributed by atoms with Gasteiger partial charge in [-0.05, 0) is 52.5 Å². The van der Waals surface area contributed by atoms with Gasteiger partial charge in [-0.1, -0.05) is 96.6 Å². The maximum Gasteiger partial charge on any atom is 0.249 e. The van der Waals surface area contributed by atoms with E-state index in [0.29, 0.717) is 11.3 Å². The van der Waals surface area contributed by atoms with E-state index < -0.39 is 5.41 Å². The predicted octanol–water partition coefficient (Wildman–Crippen LogP) is 6.06. The Morgan fingerprint density at radius 2 is 1.29 bits per heavy atom. The first-order chi connectivity index (χ1) is 16.5. The number of anilines is 1. The summed E-state index contributed by atoms with van der Waals surface area (Å²) in [6, 6.07) is 33.5. The van der Waals surface area contributed by atoms with Gasteiger partial charge in [0.25, 0.3) is 0 Å². The molecular weight excluding hydrogens is 418 g/mol. The number of aryl methyl sites for hydroxylation is 1. The van der Waals surface area contributed by atoms with Gasteiger partial charge in [0, 0.05) is 12.6 Å². The van der Waals surface area contributed by atoms with Crippen molar-refractivity contribution >= 4 is 28.5 Å². The molecule has 1 spiro atoms. The van der Waals surface area contributed by atoms with Crippen LogP contribution in [0.3, 0.4) is 0 Å². The first-order valence-electron chi connectivity index (χ1n) is 11.4. The van der Waals surface area contributed by atoms with Crippen LogP contribution in [-0.4, -0.2) is 18.7 Å². The molecule has 0 saturated carbocycles. The lowest BCUT2D eigenvalue weighted by molar-refractivity contribution is -0.120. The van der Waals surface area contributed by atoms with Gasteiger partial charge in [0.15, 0.2) is 11.2 Å². The normalized spacial score (nSPS) is 18.9. The standard InChI is InChI=1S/C31H23NO2/c1-20-17-18-26-24(19-20)29(33)31(30(34)32(26)2)25-16-10-9-15-23(25)27(21-11-5-3-6-12-21)28(31)22-13-7-4-8-14-22/h3-19H,1-2H3. The second kappa shape index (κ2) is 7.39. The van der Waals surface area contributed by atoms with Crippen molar-refractivity contribution in [3.8, 4) is 0 Å². The molecule has 4 aromatic rings. The van der Waals surface area contributed by atoms with E-state index in [9.17, 15) is 9.59 Å². The van der Waals surface area contributed by atoms with Gasteiger partial charge in [-0.25, -0.2) is 0 Å². The van der Waals surface area contributed by atoms with E-state index in [1.54, 1.807) is 11.9 Å². The summed E-state index contributed by atoms with van der Waals surface area (Å²) >= 11 is 0. The molecule has 2 aliphatic rings. The molecule has 4 aromatic carbocycles. The largest absolute Gasteiger partial charge is 0.313 e. The second-order valence-corrected chi connectivity index (χ2v) is 8.99. The van der Waals surface area contributed by atoms with Crippen LogP contribution in [0.5, 0.6) is 0 Å². The summed E-state index contributed by atoms with van der Waals surface area (Å²) in [5, 5.41) is 0. The molecule has 1 unspecified atom stereocenters. The van der Waals surface area contributed by atoms with Crippen molar-refractivity contribution < 1.29 is 9.59 Å². The lowest BCUT2D eigenvalue weighted by Crippen LogP contribution is -2.54. The smallest absolute Gasteiger partial charge is 0.249 e. The summed E-state index contributed by atoms with van der Waals surface area (Å²) in [7, 11) is 1.77. The van der Waals surface area contributed by atoms with Gasteiger partial charge in [0.05, 0.1) is 5.69 Å². The minimum atomic E-state index is -1.45. The maximum absolute atomic E-state index is 14.6. The van der Waals surface area contributed by atoms with Crippen LogP contribution >= 0.6 is 0 Å². The lowest BCUT2D eigenvalue weighted by atomic mass is 9.66. The molecule has 0 radical (unpaired) electrons. The van der Waals surface area contributed by atoms with Crippen LogP contribution < -0.4 is 4.90 Å². The minimum absolute atomic E-state index is 0.161. The second-order valence-electron chi connectivity index (χ2n) is 8.99. The van der Waals surface area contributed by atoms with Gasteiger partial charge in [-0.3, -0.25) is 9.59 Å². The Bertz CT molecular complexity index is 1500. The molecule has 1 aliphatic carbocycles. The highest BCUT2D eigenvalue weighted by atomic mass is 16.2. The number of carbonyl (C=O) groups excluding carboxylic acids is 2. The zero-order valence-corrected chi connectivity index (χ0v) is 19.1. The average molecular weight is 442 g/mol. The Labute approximate surface area is 199 Å². The van der Waals surface area contributed by atoms with Crippen LogP contribution in [0.2, 0.25) is 0 Å². The zero-order valence-electron chi connectivity index (χ0n) is 19.1. The fourth-order valence-electron chi connectivity index (χ4n) is 5.60. The number of carbonyl (C=O) groups is 2. The first kappa shape index (κ1) is 20.4. The molecule has 1 amide bonds. The molecule has 3 nitrogen and oxygen atoms in total. The maximum atomic E-state index is 14.6. The number of amides is 1. The molecule has 1 atom stereocenters. The number of benzene rings is 4. The van der Waals surface area contributed by atoms with Crippen molar-refractivity contribution in [1.82, 2.24) is 0 Å². The first-order valence-corrected chi connectivity index (χ1v) is 11.4. The van der Waals surface area contributed by atoms with Gasteiger partial charge in [-0.2, -0.15) is 0 Å². The van der Waals surface area contributed by atoms with E-state index in [4.69, 9.17) is 0 Å². The number of nitrogens with zero attached hydrogens (tertiary/aromatic N) is 1. The summed E-state index contributed by atoms with van der Waals surface area (Å²) < 4.78 is 0. The Balaban J connectivity index is 1.79. The summed E-state index contributed by atoms with van der Waals surface area (Å²) in [6.07, 6.45) is 0. The Morgan fingerprint density at radius 3 is 2.00 bits per heavy atom. The fourth-order valence-corrected chi connectivity index (χ4v) is 5.60. The molecule has 0 aromatic heterocycles. The third kappa shape index (κ3) is 2.58. The van der Waals surface area contributed by atoms with Crippen molar-refractivity contribution in [2.75, 3.05) is 11.9 Å². The molecule has 1 aliphatic heterocycles. The molecule has 0 N–H and O–H groups in total. The molecule has 34 heavy (non-hydrogen) atoms.